The molecule has 0 N–H and O–H groups in total. The van der Waals surface area contributed by atoms with Gasteiger partial charge in [-0.2, -0.15) is 0 Å². The molecule has 262 valence electrons. The standard InChI is InChI=1S/C54H35NO/c1-3-13-36(14-4-1)38-23-28-41(29-24-38)55(42-30-25-39(26-31-42)37-15-5-2-6-16-37)50-33-34-52-54(48-21-11-12-22-51(48)56-52)53(50)40-27-32-47-45-19-8-7-17-43(45)44-18-9-10-20-46(44)49(47)35-40/h1-35H. The number of furan rings is 1. The molecule has 0 fully saturated rings. The molecule has 10 aromatic carbocycles. The Morgan fingerprint density at radius 1 is 0.286 bits per heavy atom. The second-order valence-electron chi connectivity index (χ2n) is 14.4. The van der Waals surface area contributed by atoms with E-state index in [0.717, 1.165) is 50.1 Å². The van der Waals surface area contributed by atoms with Gasteiger partial charge in [0.05, 0.1) is 5.69 Å². The Balaban J connectivity index is 1.20. The first kappa shape index (κ1) is 32.0. The van der Waals surface area contributed by atoms with Gasteiger partial charge in [-0.05, 0) is 109 Å². The Morgan fingerprint density at radius 2 is 0.714 bits per heavy atom. The van der Waals surface area contributed by atoms with Crippen LogP contribution < -0.4 is 4.90 Å². The summed E-state index contributed by atoms with van der Waals surface area (Å²) in [5, 5.41) is 9.74. The lowest BCUT2D eigenvalue weighted by Gasteiger charge is -2.29. The van der Waals surface area contributed by atoms with Crippen LogP contribution in [0.15, 0.2) is 217 Å². The van der Waals surface area contributed by atoms with Crippen molar-refractivity contribution in [1.29, 1.82) is 0 Å². The van der Waals surface area contributed by atoms with E-state index in [4.69, 9.17) is 4.42 Å². The molecular formula is C54H35NO. The van der Waals surface area contributed by atoms with Gasteiger partial charge in [0.1, 0.15) is 11.2 Å². The van der Waals surface area contributed by atoms with Crippen LogP contribution in [0, 0.1) is 0 Å². The summed E-state index contributed by atoms with van der Waals surface area (Å²) >= 11 is 0. The number of nitrogens with zero attached hydrogens (tertiary/aromatic N) is 1. The van der Waals surface area contributed by atoms with Gasteiger partial charge in [-0.15, -0.1) is 0 Å². The maximum atomic E-state index is 6.59. The Labute approximate surface area is 325 Å². The zero-order valence-electron chi connectivity index (χ0n) is 30.6. The van der Waals surface area contributed by atoms with Crippen LogP contribution >= 0.6 is 0 Å². The fraction of sp³-hybridized carbons (Fsp3) is 0. The highest BCUT2D eigenvalue weighted by atomic mass is 16.3. The van der Waals surface area contributed by atoms with Gasteiger partial charge in [0.15, 0.2) is 0 Å². The van der Waals surface area contributed by atoms with E-state index in [1.54, 1.807) is 0 Å². The first-order valence-electron chi connectivity index (χ1n) is 19.2. The molecule has 0 atom stereocenters. The van der Waals surface area contributed by atoms with Crippen LogP contribution in [0.4, 0.5) is 17.1 Å². The molecule has 0 saturated carbocycles. The molecule has 11 aromatic rings. The normalized spacial score (nSPS) is 11.6. The van der Waals surface area contributed by atoms with E-state index < -0.39 is 0 Å². The number of para-hydroxylation sites is 1. The van der Waals surface area contributed by atoms with E-state index in [9.17, 15) is 0 Å². The van der Waals surface area contributed by atoms with E-state index in [-0.39, 0.29) is 0 Å². The SMILES string of the molecule is c1ccc(-c2ccc(N(c3ccc(-c4ccccc4)cc3)c3ccc4oc5ccccc5c4c3-c3ccc4c5ccccc5c5ccccc5c4c3)cc2)cc1. The average molecular weight is 714 g/mol. The van der Waals surface area contributed by atoms with Crippen LogP contribution in [-0.2, 0) is 0 Å². The third-order valence-corrected chi connectivity index (χ3v) is 11.3. The lowest BCUT2D eigenvalue weighted by molar-refractivity contribution is 0.669. The van der Waals surface area contributed by atoms with Crippen LogP contribution in [-0.4, -0.2) is 0 Å². The number of fused-ring (bicyclic) bond motifs is 9. The van der Waals surface area contributed by atoms with Crippen LogP contribution in [0.2, 0.25) is 0 Å². The number of benzene rings is 10. The molecule has 0 aliphatic rings. The summed E-state index contributed by atoms with van der Waals surface area (Å²) in [5.74, 6) is 0. The lowest BCUT2D eigenvalue weighted by Crippen LogP contribution is -2.11. The largest absolute Gasteiger partial charge is 0.456 e. The highest BCUT2D eigenvalue weighted by Gasteiger charge is 2.23. The minimum Gasteiger partial charge on any atom is -0.456 e. The van der Waals surface area contributed by atoms with Crippen LogP contribution in [0.1, 0.15) is 0 Å². The van der Waals surface area contributed by atoms with Crippen LogP contribution in [0.25, 0.3) is 87.6 Å². The fourth-order valence-electron chi connectivity index (χ4n) is 8.64. The van der Waals surface area contributed by atoms with Crippen molar-refractivity contribution in [2.75, 3.05) is 4.90 Å². The molecule has 0 spiro atoms. The summed E-state index contributed by atoms with van der Waals surface area (Å²) < 4.78 is 6.59. The van der Waals surface area contributed by atoms with Gasteiger partial charge < -0.3 is 9.32 Å². The van der Waals surface area contributed by atoms with Gasteiger partial charge in [-0.3, -0.25) is 0 Å². The van der Waals surface area contributed by atoms with Crippen LogP contribution in [0.3, 0.4) is 0 Å². The molecule has 0 aliphatic heterocycles. The van der Waals surface area contributed by atoms with Crippen LogP contribution in [0.5, 0.6) is 0 Å². The second kappa shape index (κ2) is 13.2. The number of hydrogen-bond acceptors (Lipinski definition) is 2. The summed E-state index contributed by atoms with van der Waals surface area (Å²) in [6.07, 6.45) is 0. The molecule has 1 aromatic heterocycles. The number of rotatable bonds is 6. The predicted octanol–water partition coefficient (Wildman–Crippen LogP) is 15.5. The molecule has 11 rings (SSSR count). The van der Waals surface area contributed by atoms with Gasteiger partial charge >= 0.3 is 0 Å². The molecule has 0 amide bonds. The summed E-state index contributed by atoms with van der Waals surface area (Å²) in [6.45, 7) is 0. The van der Waals surface area contributed by atoms with Gasteiger partial charge in [-0.25, -0.2) is 0 Å². The summed E-state index contributed by atoms with van der Waals surface area (Å²) in [4.78, 5) is 2.41. The van der Waals surface area contributed by atoms with Crippen molar-refractivity contribution in [2.45, 2.75) is 0 Å². The fourth-order valence-corrected chi connectivity index (χ4v) is 8.64. The van der Waals surface area contributed by atoms with E-state index in [0.29, 0.717) is 0 Å². The molecule has 1 heterocycles. The highest BCUT2D eigenvalue weighted by Crippen LogP contribution is 2.48. The summed E-state index contributed by atoms with van der Waals surface area (Å²) in [7, 11) is 0. The topological polar surface area (TPSA) is 16.4 Å². The van der Waals surface area contributed by atoms with Crippen molar-refractivity contribution in [2.24, 2.45) is 0 Å². The number of anilines is 3. The Hall–Kier alpha value is -7.42. The van der Waals surface area contributed by atoms with E-state index in [1.165, 1.54) is 54.6 Å². The predicted molar refractivity (Wildman–Crippen MR) is 237 cm³/mol. The quantitative estimate of drug-likeness (QED) is 0.160. The summed E-state index contributed by atoms with van der Waals surface area (Å²) in [5.41, 5.74) is 12.0. The van der Waals surface area contributed by atoms with Gasteiger partial charge in [0, 0.05) is 27.7 Å². The summed E-state index contributed by atoms with van der Waals surface area (Å²) in [6, 6.07) is 76.5. The molecule has 0 unspecified atom stereocenters. The molecule has 2 heteroatoms. The number of hydrogen-bond donors (Lipinski definition) is 0. The minimum absolute atomic E-state index is 0.868. The smallest absolute Gasteiger partial charge is 0.136 e. The average Bonchev–Trinajstić information content (AvgIpc) is 3.66. The molecule has 0 bridgehead atoms. The first-order valence-corrected chi connectivity index (χ1v) is 19.2. The maximum absolute atomic E-state index is 6.59. The van der Waals surface area contributed by atoms with Crippen molar-refractivity contribution in [3.05, 3.63) is 212 Å². The molecule has 0 aliphatic carbocycles. The highest BCUT2D eigenvalue weighted by molar-refractivity contribution is 6.26. The van der Waals surface area contributed by atoms with Crippen molar-refractivity contribution in [1.82, 2.24) is 0 Å². The lowest BCUT2D eigenvalue weighted by atomic mass is 9.90. The third-order valence-electron chi connectivity index (χ3n) is 11.3. The minimum atomic E-state index is 0.868. The Morgan fingerprint density at radius 3 is 1.27 bits per heavy atom. The second-order valence-corrected chi connectivity index (χ2v) is 14.4. The first-order chi connectivity index (χ1) is 27.8. The Kier molecular flexibility index (Phi) is 7.53. The zero-order chi connectivity index (χ0) is 37.0. The van der Waals surface area contributed by atoms with Gasteiger partial charge in [-0.1, -0.05) is 164 Å². The Bertz CT molecular complexity index is 3100. The monoisotopic (exact) mass is 713 g/mol. The van der Waals surface area contributed by atoms with Crippen molar-refractivity contribution >= 4 is 71.3 Å². The van der Waals surface area contributed by atoms with Gasteiger partial charge in [0.25, 0.3) is 0 Å². The zero-order valence-corrected chi connectivity index (χ0v) is 30.6. The molecule has 56 heavy (non-hydrogen) atoms. The van der Waals surface area contributed by atoms with E-state index in [1.807, 2.05) is 6.07 Å². The molecule has 2 nitrogen and oxygen atoms in total. The molecular weight excluding hydrogens is 679 g/mol. The van der Waals surface area contributed by atoms with E-state index in [2.05, 4.69) is 211 Å². The van der Waals surface area contributed by atoms with Crippen molar-refractivity contribution in [3.8, 4) is 33.4 Å². The molecule has 0 saturated heterocycles. The third kappa shape index (κ3) is 5.26. The maximum Gasteiger partial charge on any atom is 0.136 e. The van der Waals surface area contributed by atoms with Crippen molar-refractivity contribution in [3.63, 3.8) is 0 Å². The van der Waals surface area contributed by atoms with E-state index >= 15 is 0 Å². The molecule has 0 radical (unpaired) electrons. The van der Waals surface area contributed by atoms with Gasteiger partial charge in [0.2, 0.25) is 0 Å². The van der Waals surface area contributed by atoms with Crippen molar-refractivity contribution < 1.29 is 4.42 Å².